The maximum atomic E-state index is 13.5. The van der Waals surface area contributed by atoms with Crippen molar-refractivity contribution in [1.82, 2.24) is 4.98 Å². The van der Waals surface area contributed by atoms with Crippen LogP contribution in [0.25, 0.3) is 0 Å². The number of hydrogen-bond acceptors (Lipinski definition) is 4. The average molecular weight is 228 g/mol. The van der Waals surface area contributed by atoms with Crippen molar-refractivity contribution in [2.45, 2.75) is 0 Å². The standard InChI is InChI=1S/C12H9FN4/c13-10-5-8(6-14)1-3-11(10)17-12-4-2-9(15)7-16-12/h1-5,7H,15H2,(H,16,17). The van der Waals surface area contributed by atoms with E-state index in [0.717, 1.165) is 0 Å². The minimum atomic E-state index is -0.498. The summed E-state index contributed by atoms with van der Waals surface area (Å²) in [7, 11) is 0. The quantitative estimate of drug-likeness (QED) is 0.827. The van der Waals surface area contributed by atoms with Gasteiger partial charge in [-0.3, -0.25) is 0 Å². The largest absolute Gasteiger partial charge is 0.397 e. The van der Waals surface area contributed by atoms with Gasteiger partial charge in [0.05, 0.1) is 29.2 Å². The maximum absolute atomic E-state index is 13.5. The first-order chi connectivity index (χ1) is 8.19. The molecule has 0 aliphatic carbocycles. The van der Waals surface area contributed by atoms with Gasteiger partial charge in [0.25, 0.3) is 0 Å². The zero-order valence-electron chi connectivity index (χ0n) is 8.81. The molecule has 17 heavy (non-hydrogen) atoms. The van der Waals surface area contributed by atoms with Gasteiger partial charge in [0, 0.05) is 0 Å². The summed E-state index contributed by atoms with van der Waals surface area (Å²) in [6, 6.07) is 9.36. The molecule has 1 heterocycles. The van der Waals surface area contributed by atoms with E-state index in [4.69, 9.17) is 11.0 Å². The van der Waals surface area contributed by atoms with Crippen molar-refractivity contribution >= 4 is 17.2 Å². The highest BCUT2D eigenvalue weighted by Gasteiger charge is 2.04. The SMILES string of the molecule is N#Cc1ccc(Nc2ccc(N)cn2)c(F)c1. The molecule has 84 valence electrons. The van der Waals surface area contributed by atoms with Crippen molar-refractivity contribution in [2.75, 3.05) is 11.1 Å². The molecule has 4 nitrogen and oxygen atoms in total. The van der Waals surface area contributed by atoms with Crippen molar-refractivity contribution in [3.63, 3.8) is 0 Å². The van der Waals surface area contributed by atoms with Crippen LogP contribution < -0.4 is 11.1 Å². The Balaban J connectivity index is 2.25. The number of nitriles is 1. The first-order valence-electron chi connectivity index (χ1n) is 4.87. The minimum absolute atomic E-state index is 0.265. The number of pyridine rings is 1. The molecule has 0 saturated heterocycles. The van der Waals surface area contributed by atoms with Crippen LogP contribution in [0.2, 0.25) is 0 Å². The number of benzene rings is 1. The van der Waals surface area contributed by atoms with Gasteiger partial charge in [-0.1, -0.05) is 0 Å². The van der Waals surface area contributed by atoms with Crippen LogP contribution in [0.5, 0.6) is 0 Å². The molecule has 2 rings (SSSR count). The van der Waals surface area contributed by atoms with Gasteiger partial charge < -0.3 is 11.1 Å². The smallest absolute Gasteiger partial charge is 0.147 e. The average Bonchev–Trinajstić information content (AvgIpc) is 2.34. The first-order valence-corrected chi connectivity index (χ1v) is 4.87. The summed E-state index contributed by atoms with van der Waals surface area (Å²) in [6.07, 6.45) is 1.48. The minimum Gasteiger partial charge on any atom is -0.397 e. The molecule has 0 atom stereocenters. The van der Waals surface area contributed by atoms with Gasteiger partial charge in [-0.2, -0.15) is 5.26 Å². The fourth-order valence-corrected chi connectivity index (χ4v) is 1.30. The van der Waals surface area contributed by atoms with Crippen LogP contribution in [-0.2, 0) is 0 Å². The van der Waals surface area contributed by atoms with Gasteiger partial charge in [-0.05, 0) is 30.3 Å². The predicted octanol–water partition coefficient (Wildman–Crippen LogP) is 2.42. The van der Waals surface area contributed by atoms with E-state index in [1.165, 1.54) is 24.4 Å². The number of anilines is 3. The third-order valence-electron chi connectivity index (χ3n) is 2.15. The Kier molecular flexibility index (Phi) is 2.88. The highest BCUT2D eigenvalue weighted by Crippen LogP contribution is 2.19. The number of nitrogen functional groups attached to an aromatic ring is 1. The fourth-order valence-electron chi connectivity index (χ4n) is 1.30. The topological polar surface area (TPSA) is 74.7 Å². The van der Waals surface area contributed by atoms with Gasteiger partial charge >= 0.3 is 0 Å². The molecule has 2 aromatic rings. The summed E-state index contributed by atoms with van der Waals surface area (Å²) in [4.78, 5) is 3.99. The van der Waals surface area contributed by atoms with E-state index >= 15 is 0 Å². The Hall–Kier alpha value is -2.61. The third kappa shape index (κ3) is 2.49. The molecule has 0 spiro atoms. The Bertz CT molecular complexity index is 572. The monoisotopic (exact) mass is 228 g/mol. The number of nitrogens with two attached hydrogens (primary N) is 1. The Labute approximate surface area is 97.5 Å². The van der Waals surface area contributed by atoms with Gasteiger partial charge in [0.15, 0.2) is 0 Å². The van der Waals surface area contributed by atoms with Crippen LogP contribution in [-0.4, -0.2) is 4.98 Å². The molecule has 0 unspecified atom stereocenters. The molecule has 1 aromatic heterocycles. The molecule has 5 heteroatoms. The molecule has 0 radical (unpaired) electrons. The number of rotatable bonds is 2. The molecule has 1 aromatic carbocycles. The van der Waals surface area contributed by atoms with E-state index in [2.05, 4.69) is 10.3 Å². The molecule has 0 fully saturated rings. The van der Waals surface area contributed by atoms with E-state index in [0.29, 0.717) is 11.5 Å². The third-order valence-corrected chi connectivity index (χ3v) is 2.15. The molecule has 0 aliphatic rings. The summed E-state index contributed by atoms with van der Waals surface area (Å²) in [5.41, 5.74) is 6.57. The summed E-state index contributed by atoms with van der Waals surface area (Å²) < 4.78 is 13.5. The summed E-state index contributed by atoms with van der Waals surface area (Å²) >= 11 is 0. The number of halogens is 1. The van der Waals surface area contributed by atoms with Gasteiger partial charge in [0.2, 0.25) is 0 Å². The van der Waals surface area contributed by atoms with Crippen LogP contribution in [0.1, 0.15) is 5.56 Å². The zero-order valence-corrected chi connectivity index (χ0v) is 8.81. The van der Waals surface area contributed by atoms with E-state index in [9.17, 15) is 4.39 Å². The summed E-state index contributed by atoms with van der Waals surface area (Å²) in [6.45, 7) is 0. The maximum Gasteiger partial charge on any atom is 0.147 e. The molecule has 0 amide bonds. The van der Waals surface area contributed by atoms with Crippen LogP contribution in [0, 0.1) is 17.1 Å². The van der Waals surface area contributed by atoms with E-state index in [1.54, 1.807) is 12.1 Å². The lowest BCUT2D eigenvalue weighted by molar-refractivity contribution is 0.631. The van der Waals surface area contributed by atoms with E-state index in [-0.39, 0.29) is 11.3 Å². The Morgan fingerprint density at radius 3 is 2.71 bits per heavy atom. The lowest BCUT2D eigenvalue weighted by Gasteiger charge is -2.06. The van der Waals surface area contributed by atoms with Crippen molar-refractivity contribution in [3.05, 3.63) is 47.9 Å². The lowest BCUT2D eigenvalue weighted by Crippen LogP contribution is -1.97. The van der Waals surface area contributed by atoms with Crippen LogP contribution in [0.15, 0.2) is 36.5 Å². The number of aromatic nitrogens is 1. The Morgan fingerprint density at radius 2 is 2.12 bits per heavy atom. The zero-order chi connectivity index (χ0) is 12.3. The Morgan fingerprint density at radius 1 is 1.29 bits per heavy atom. The molecule has 3 N–H and O–H groups in total. The van der Waals surface area contributed by atoms with Crippen LogP contribution >= 0.6 is 0 Å². The summed E-state index contributed by atoms with van der Waals surface area (Å²) in [5.74, 6) is -0.00881. The molecular formula is C12H9FN4. The second-order valence-electron chi connectivity index (χ2n) is 3.41. The fraction of sp³-hybridized carbons (Fsp3) is 0. The van der Waals surface area contributed by atoms with Crippen molar-refractivity contribution in [3.8, 4) is 6.07 Å². The molecule has 0 bridgehead atoms. The predicted molar refractivity (Wildman–Crippen MR) is 63.0 cm³/mol. The number of nitrogens with one attached hydrogen (secondary N) is 1. The van der Waals surface area contributed by atoms with Crippen molar-refractivity contribution in [1.29, 1.82) is 5.26 Å². The lowest BCUT2D eigenvalue weighted by atomic mass is 10.2. The number of nitrogens with zero attached hydrogens (tertiary/aromatic N) is 2. The van der Waals surface area contributed by atoms with Crippen LogP contribution in [0.3, 0.4) is 0 Å². The summed E-state index contributed by atoms with van der Waals surface area (Å²) in [5, 5.41) is 11.4. The van der Waals surface area contributed by atoms with Gasteiger partial charge in [-0.25, -0.2) is 9.37 Å². The first kappa shape index (κ1) is 10.9. The molecular weight excluding hydrogens is 219 g/mol. The van der Waals surface area contributed by atoms with E-state index < -0.39 is 5.82 Å². The second kappa shape index (κ2) is 4.49. The van der Waals surface area contributed by atoms with Crippen molar-refractivity contribution in [2.24, 2.45) is 0 Å². The second-order valence-corrected chi connectivity index (χ2v) is 3.41. The number of hydrogen-bond donors (Lipinski definition) is 2. The van der Waals surface area contributed by atoms with Gasteiger partial charge in [0.1, 0.15) is 11.6 Å². The molecule has 0 saturated carbocycles. The normalized spacial score (nSPS) is 9.65. The van der Waals surface area contributed by atoms with Gasteiger partial charge in [-0.15, -0.1) is 0 Å². The van der Waals surface area contributed by atoms with E-state index in [1.807, 2.05) is 6.07 Å². The van der Waals surface area contributed by atoms with Crippen molar-refractivity contribution < 1.29 is 4.39 Å². The highest BCUT2D eigenvalue weighted by atomic mass is 19.1. The highest BCUT2D eigenvalue weighted by molar-refractivity contribution is 5.59. The molecule has 0 aliphatic heterocycles. The van der Waals surface area contributed by atoms with Crippen LogP contribution in [0.4, 0.5) is 21.6 Å².